The predicted molar refractivity (Wildman–Crippen MR) is 123 cm³/mol. The van der Waals surface area contributed by atoms with E-state index in [1.54, 1.807) is 7.05 Å². The lowest BCUT2D eigenvalue weighted by Crippen LogP contribution is -2.54. The quantitative estimate of drug-likeness (QED) is 0.456. The van der Waals surface area contributed by atoms with Crippen molar-refractivity contribution in [3.05, 3.63) is 35.4 Å². The predicted octanol–water partition coefficient (Wildman–Crippen LogP) is 2.78. The van der Waals surface area contributed by atoms with Gasteiger partial charge in [0.2, 0.25) is 5.91 Å². The molecule has 0 unspecified atom stereocenters. The van der Waals surface area contributed by atoms with Gasteiger partial charge in [-0.05, 0) is 52.2 Å². The molecule has 8 nitrogen and oxygen atoms in total. The highest BCUT2D eigenvalue weighted by molar-refractivity contribution is 5.80. The molecule has 2 amide bonds. The van der Waals surface area contributed by atoms with Gasteiger partial charge in [0.15, 0.2) is 5.96 Å². The highest BCUT2D eigenvalue weighted by Gasteiger charge is 2.25. The summed E-state index contributed by atoms with van der Waals surface area (Å²) in [5.41, 5.74) is 1.17. The molecule has 1 fully saturated rings. The number of nitrogens with zero attached hydrogens (tertiary/aromatic N) is 2. The summed E-state index contributed by atoms with van der Waals surface area (Å²) in [7, 11) is 1.71. The third kappa shape index (κ3) is 8.86. The van der Waals surface area contributed by atoms with E-state index < -0.39 is 17.2 Å². The van der Waals surface area contributed by atoms with Gasteiger partial charge in [-0.25, -0.2) is 4.79 Å². The molecule has 0 saturated carbocycles. The van der Waals surface area contributed by atoms with E-state index in [-0.39, 0.29) is 5.91 Å². The maximum atomic E-state index is 12.0. The maximum Gasteiger partial charge on any atom is 0.408 e. The van der Waals surface area contributed by atoms with Crippen molar-refractivity contribution in [2.45, 2.75) is 71.7 Å². The first-order chi connectivity index (χ1) is 14.5. The Hall–Kier alpha value is -2.77. The molecular formula is C23H37N5O3. The van der Waals surface area contributed by atoms with E-state index in [1.165, 1.54) is 0 Å². The molecule has 1 aromatic rings. The number of hydrogen-bond acceptors (Lipinski definition) is 4. The van der Waals surface area contributed by atoms with E-state index in [2.05, 4.69) is 27.0 Å². The zero-order valence-corrected chi connectivity index (χ0v) is 19.7. The Morgan fingerprint density at radius 1 is 1.16 bits per heavy atom. The van der Waals surface area contributed by atoms with Crippen molar-refractivity contribution in [2.24, 2.45) is 4.99 Å². The van der Waals surface area contributed by atoms with Crippen LogP contribution >= 0.6 is 0 Å². The molecule has 0 bridgehead atoms. The second-order valence-electron chi connectivity index (χ2n) is 9.53. The van der Waals surface area contributed by atoms with Crippen molar-refractivity contribution in [1.82, 2.24) is 20.9 Å². The van der Waals surface area contributed by atoms with Crippen molar-refractivity contribution < 1.29 is 14.3 Å². The van der Waals surface area contributed by atoms with Gasteiger partial charge >= 0.3 is 6.09 Å². The minimum Gasteiger partial charge on any atom is -0.444 e. The molecule has 3 N–H and O–H groups in total. The van der Waals surface area contributed by atoms with Crippen molar-refractivity contribution in [3.63, 3.8) is 0 Å². The number of nitrogens with one attached hydrogen (secondary N) is 3. The van der Waals surface area contributed by atoms with Crippen LogP contribution in [0, 0.1) is 0 Å². The van der Waals surface area contributed by atoms with Gasteiger partial charge in [0, 0.05) is 39.6 Å². The first-order valence-electron chi connectivity index (χ1n) is 10.8. The Balaban J connectivity index is 1.83. The summed E-state index contributed by atoms with van der Waals surface area (Å²) in [4.78, 5) is 30.1. The Bertz CT molecular complexity index is 799. The zero-order chi connectivity index (χ0) is 23.1. The average molecular weight is 432 g/mol. The number of carbonyl (C=O) groups is 2. The van der Waals surface area contributed by atoms with Crippen molar-refractivity contribution in [2.75, 3.05) is 20.1 Å². The Kier molecular flexibility index (Phi) is 8.30. The van der Waals surface area contributed by atoms with Crippen LogP contribution in [0.4, 0.5) is 4.79 Å². The molecule has 0 aliphatic carbocycles. The number of hydrogen-bond donors (Lipinski definition) is 3. The summed E-state index contributed by atoms with van der Waals surface area (Å²) in [6.45, 7) is 11.9. The summed E-state index contributed by atoms with van der Waals surface area (Å²) >= 11 is 0. The number of amides is 2. The van der Waals surface area contributed by atoms with E-state index in [9.17, 15) is 9.59 Å². The molecule has 2 rings (SSSR count). The van der Waals surface area contributed by atoms with E-state index in [0.29, 0.717) is 32.0 Å². The van der Waals surface area contributed by atoms with Gasteiger partial charge in [-0.3, -0.25) is 9.79 Å². The Morgan fingerprint density at radius 2 is 1.87 bits per heavy atom. The molecule has 172 valence electrons. The fourth-order valence-electron chi connectivity index (χ4n) is 3.26. The molecule has 1 aliphatic rings. The largest absolute Gasteiger partial charge is 0.444 e. The second kappa shape index (κ2) is 10.5. The van der Waals surface area contributed by atoms with Crippen LogP contribution in [0.2, 0.25) is 0 Å². The molecule has 1 aliphatic heterocycles. The van der Waals surface area contributed by atoms with E-state index in [1.807, 2.05) is 57.7 Å². The summed E-state index contributed by atoms with van der Waals surface area (Å²) in [6, 6.07) is 8.22. The first-order valence-corrected chi connectivity index (χ1v) is 10.8. The molecule has 0 atom stereocenters. The third-order valence-electron chi connectivity index (χ3n) is 4.76. The summed E-state index contributed by atoms with van der Waals surface area (Å²) in [6.07, 6.45) is 1.15. The number of alkyl carbamates (subject to hydrolysis) is 1. The van der Waals surface area contributed by atoms with Gasteiger partial charge in [-0.15, -0.1) is 0 Å². The molecule has 0 radical (unpaired) electrons. The number of carbonyl (C=O) groups excluding carboxylic acids is 2. The van der Waals surface area contributed by atoms with E-state index in [4.69, 9.17) is 4.74 Å². The summed E-state index contributed by atoms with van der Waals surface area (Å²) in [5, 5.41) is 9.41. The van der Waals surface area contributed by atoms with Crippen LogP contribution in [0.25, 0.3) is 0 Å². The van der Waals surface area contributed by atoms with Crippen LogP contribution in [0.1, 0.15) is 58.6 Å². The van der Waals surface area contributed by atoms with Gasteiger partial charge in [0.05, 0.1) is 5.54 Å². The standard InChI is InChI=1S/C23H37N5O3/c1-22(2,3)31-21(30)27-23(4,5)16-26-20(24-6)25-14-17-9-7-10-18(13-17)15-28-12-8-11-19(28)29/h7,9-10,13H,8,11-12,14-16H2,1-6H3,(H,27,30)(H2,24,25,26). The van der Waals surface area contributed by atoms with Crippen LogP contribution in [0.15, 0.2) is 29.3 Å². The molecule has 0 spiro atoms. The van der Waals surface area contributed by atoms with E-state index >= 15 is 0 Å². The average Bonchev–Trinajstić information content (AvgIpc) is 3.04. The van der Waals surface area contributed by atoms with Gasteiger partial charge in [0.25, 0.3) is 0 Å². The highest BCUT2D eigenvalue weighted by Crippen LogP contribution is 2.15. The summed E-state index contributed by atoms with van der Waals surface area (Å²) in [5.74, 6) is 0.870. The fraction of sp³-hybridized carbons (Fsp3) is 0.609. The molecular weight excluding hydrogens is 394 g/mol. The van der Waals surface area contributed by atoms with Gasteiger partial charge in [-0.1, -0.05) is 24.3 Å². The highest BCUT2D eigenvalue weighted by atomic mass is 16.6. The maximum absolute atomic E-state index is 12.0. The van der Waals surface area contributed by atoms with Crippen LogP contribution in [-0.4, -0.2) is 54.1 Å². The Morgan fingerprint density at radius 3 is 2.48 bits per heavy atom. The van der Waals surface area contributed by atoms with Crippen LogP contribution < -0.4 is 16.0 Å². The number of likely N-dealkylation sites (tertiary alicyclic amines) is 1. The fourth-order valence-corrected chi connectivity index (χ4v) is 3.26. The number of rotatable bonds is 7. The Labute approximate surface area is 185 Å². The van der Waals surface area contributed by atoms with Crippen LogP contribution in [0.3, 0.4) is 0 Å². The van der Waals surface area contributed by atoms with Crippen LogP contribution in [0.5, 0.6) is 0 Å². The smallest absolute Gasteiger partial charge is 0.408 e. The number of aliphatic imine (C=N–C) groups is 1. The first kappa shape index (κ1) is 24.5. The monoisotopic (exact) mass is 431 g/mol. The minimum absolute atomic E-state index is 0.232. The lowest BCUT2D eigenvalue weighted by Gasteiger charge is -2.29. The molecule has 0 aromatic heterocycles. The van der Waals surface area contributed by atoms with Crippen LogP contribution in [-0.2, 0) is 22.6 Å². The summed E-state index contributed by atoms with van der Waals surface area (Å²) < 4.78 is 5.33. The van der Waals surface area contributed by atoms with Crippen molar-refractivity contribution in [1.29, 1.82) is 0 Å². The third-order valence-corrected chi connectivity index (χ3v) is 4.76. The number of ether oxygens (including phenoxy) is 1. The second-order valence-corrected chi connectivity index (χ2v) is 9.53. The lowest BCUT2D eigenvalue weighted by atomic mass is 10.1. The lowest BCUT2D eigenvalue weighted by molar-refractivity contribution is -0.128. The molecule has 1 saturated heterocycles. The minimum atomic E-state index is -0.540. The van der Waals surface area contributed by atoms with Crippen molar-refractivity contribution in [3.8, 4) is 0 Å². The van der Waals surface area contributed by atoms with Crippen molar-refractivity contribution >= 4 is 18.0 Å². The zero-order valence-electron chi connectivity index (χ0n) is 19.7. The van der Waals surface area contributed by atoms with Gasteiger partial charge in [0.1, 0.15) is 5.60 Å². The molecule has 8 heteroatoms. The normalized spacial score (nSPS) is 15.1. The molecule has 31 heavy (non-hydrogen) atoms. The molecule has 1 heterocycles. The van der Waals surface area contributed by atoms with Gasteiger partial charge in [-0.2, -0.15) is 0 Å². The van der Waals surface area contributed by atoms with E-state index in [0.717, 1.165) is 24.1 Å². The number of benzene rings is 1. The topological polar surface area (TPSA) is 95.1 Å². The van der Waals surface area contributed by atoms with Gasteiger partial charge < -0.3 is 25.6 Å². The molecule has 1 aromatic carbocycles. The SMILES string of the molecule is CN=C(NCc1cccc(CN2CCCC2=O)c1)NCC(C)(C)NC(=O)OC(C)(C)C. The number of guanidine groups is 1.